The summed E-state index contributed by atoms with van der Waals surface area (Å²) in [5.41, 5.74) is 5.48. The Hall–Kier alpha value is -0.250. The molecule has 1 spiro atoms. The van der Waals surface area contributed by atoms with Crippen molar-refractivity contribution < 1.29 is 13.2 Å². The van der Waals surface area contributed by atoms with Crippen molar-refractivity contribution in [2.75, 3.05) is 6.54 Å². The first-order valence-corrected chi connectivity index (χ1v) is 4.72. The highest BCUT2D eigenvalue weighted by Gasteiger charge is 2.59. The number of hydrogen-bond donors (Lipinski definition) is 1. The lowest BCUT2D eigenvalue weighted by atomic mass is 9.48. The van der Waals surface area contributed by atoms with Gasteiger partial charge < -0.3 is 5.73 Å². The SMILES string of the molecule is NCC1CC2(C1)CC(C(F)(F)F)C2. The third kappa shape index (κ3) is 1.45. The molecule has 0 aromatic carbocycles. The minimum absolute atomic E-state index is 0.0459. The van der Waals surface area contributed by atoms with E-state index in [0.717, 1.165) is 12.8 Å². The van der Waals surface area contributed by atoms with E-state index in [-0.39, 0.29) is 5.41 Å². The van der Waals surface area contributed by atoms with E-state index in [4.69, 9.17) is 5.73 Å². The van der Waals surface area contributed by atoms with Crippen LogP contribution in [0.25, 0.3) is 0 Å². The third-order valence-electron chi connectivity index (χ3n) is 3.60. The molecule has 0 atom stereocenters. The van der Waals surface area contributed by atoms with Crippen molar-refractivity contribution in [1.29, 1.82) is 0 Å². The van der Waals surface area contributed by atoms with Gasteiger partial charge in [-0.1, -0.05) is 0 Å². The molecule has 0 aromatic heterocycles. The lowest BCUT2D eigenvalue weighted by Gasteiger charge is -2.58. The van der Waals surface area contributed by atoms with Gasteiger partial charge in [0, 0.05) is 0 Å². The highest BCUT2D eigenvalue weighted by molar-refractivity contribution is 5.04. The number of alkyl halides is 3. The normalized spacial score (nSPS) is 44.3. The molecule has 0 amide bonds. The molecule has 4 heteroatoms. The van der Waals surface area contributed by atoms with Gasteiger partial charge in [0.15, 0.2) is 0 Å². The van der Waals surface area contributed by atoms with Crippen LogP contribution in [0.4, 0.5) is 13.2 Å². The summed E-state index contributed by atoms with van der Waals surface area (Å²) in [6, 6.07) is 0. The largest absolute Gasteiger partial charge is 0.391 e. The molecule has 2 N–H and O–H groups in total. The highest BCUT2D eigenvalue weighted by atomic mass is 19.4. The van der Waals surface area contributed by atoms with Gasteiger partial charge in [0.05, 0.1) is 5.92 Å². The summed E-state index contributed by atoms with van der Waals surface area (Å²) in [7, 11) is 0. The predicted octanol–water partition coefficient (Wildman–Crippen LogP) is 2.31. The fourth-order valence-electron chi connectivity index (χ4n) is 2.88. The molecule has 76 valence electrons. The minimum Gasteiger partial charge on any atom is -0.330 e. The molecule has 2 rings (SSSR count). The molecule has 13 heavy (non-hydrogen) atoms. The topological polar surface area (TPSA) is 26.0 Å². The molecule has 2 saturated carbocycles. The summed E-state index contributed by atoms with van der Waals surface area (Å²) < 4.78 is 36.5. The molecular formula is C9H14F3N. The van der Waals surface area contributed by atoms with Crippen molar-refractivity contribution in [3.63, 3.8) is 0 Å². The standard InChI is InChI=1S/C9H14F3N/c10-9(11,12)7-3-8(4-7)1-6(2-8)5-13/h6-7H,1-5,13H2. The van der Waals surface area contributed by atoms with Crippen molar-refractivity contribution >= 4 is 0 Å². The Morgan fingerprint density at radius 3 is 2.08 bits per heavy atom. The maximum Gasteiger partial charge on any atom is 0.391 e. The van der Waals surface area contributed by atoms with E-state index < -0.39 is 12.1 Å². The average molecular weight is 193 g/mol. The molecule has 1 nitrogen and oxygen atoms in total. The second kappa shape index (κ2) is 2.62. The van der Waals surface area contributed by atoms with Crippen molar-refractivity contribution in [3.05, 3.63) is 0 Å². The average Bonchev–Trinajstić information content (AvgIpc) is 1.78. The maximum absolute atomic E-state index is 12.2. The lowest BCUT2D eigenvalue weighted by Crippen LogP contribution is -2.53. The zero-order valence-corrected chi connectivity index (χ0v) is 7.40. The summed E-state index contributed by atoms with van der Waals surface area (Å²) in [6.45, 7) is 0.637. The van der Waals surface area contributed by atoms with Gasteiger partial charge in [0.25, 0.3) is 0 Å². The first kappa shape index (κ1) is 9.31. The lowest BCUT2D eigenvalue weighted by molar-refractivity contribution is -0.239. The Kier molecular flexibility index (Phi) is 1.88. The van der Waals surface area contributed by atoms with E-state index in [1.165, 1.54) is 0 Å². The van der Waals surface area contributed by atoms with Crippen LogP contribution in [-0.4, -0.2) is 12.7 Å². The van der Waals surface area contributed by atoms with Crippen LogP contribution in [0, 0.1) is 17.3 Å². The predicted molar refractivity (Wildman–Crippen MR) is 43.0 cm³/mol. The second-order valence-electron chi connectivity index (χ2n) is 4.66. The van der Waals surface area contributed by atoms with Crippen molar-refractivity contribution in [2.45, 2.75) is 31.9 Å². The quantitative estimate of drug-likeness (QED) is 0.679. The van der Waals surface area contributed by atoms with Crippen LogP contribution in [0.5, 0.6) is 0 Å². The van der Waals surface area contributed by atoms with Crippen LogP contribution in [0.1, 0.15) is 25.7 Å². The Morgan fingerprint density at radius 2 is 1.69 bits per heavy atom. The number of nitrogens with two attached hydrogens (primary N) is 1. The summed E-state index contributed by atoms with van der Waals surface area (Å²) in [5, 5.41) is 0. The van der Waals surface area contributed by atoms with Gasteiger partial charge in [-0.15, -0.1) is 0 Å². The summed E-state index contributed by atoms with van der Waals surface area (Å²) >= 11 is 0. The van der Waals surface area contributed by atoms with Gasteiger partial charge >= 0.3 is 6.18 Å². The smallest absolute Gasteiger partial charge is 0.330 e. The van der Waals surface area contributed by atoms with E-state index in [2.05, 4.69) is 0 Å². The summed E-state index contributed by atoms with van der Waals surface area (Å²) in [4.78, 5) is 0. The molecule has 2 aliphatic carbocycles. The fourth-order valence-corrected chi connectivity index (χ4v) is 2.88. The van der Waals surface area contributed by atoms with Crippen LogP contribution in [0.3, 0.4) is 0 Å². The van der Waals surface area contributed by atoms with Gasteiger partial charge in [-0.3, -0.25) is 0 Å². The molecule has 0 bridgehead atoms. The first-order valence-electron chi connectivity index (χ1n) is 4.72. The summed E-state index contributed by atoms with van der Waals surface area (Å²) in [5.74, 6) is -0.527. The third-order valence-corrected chi connectivity index (χ3v) is 3.60. The number of rotatable bonds is 1. The second-order valence-corrected chi connectivity index (χ2v) is 4.66. The Bertz CT molecular complexity index is 197. The minimum atomic E-state index is -3.96. The van der Waals surface area contributed by atoms with E-state index in [0.29, 0.717) is 25.3 Å². The van der Waals surface area contributed by atoms with Gasteiger partial charge in [0.2, 0.25) is 0 Å². The molecule has 2 aliphatic rings. The van der Waals surface area contributed by atoms with E-state index in [1.54, 1.807) is 0 Å². The molecular weight excluding hydrogens is 179 g/mol. The van der Waals surface area contributed by atoms with Crippen molar-refractivity contribution in [1.82, 2.24) is 0 Å². The maximum atomic E-state index is 12.2. The first-order chi connectivity index (χ1) is 5.95. The Morgan fingerprint density at radius 1 is 1.15 bits per heavy atom. The molecule has 2 fully saturated rings. The Labute approximate surface area is 75.5 Å². The zero-order chi connectivity index (χ0) is 9.69. The molecule has 0 heterocycles. The van der Waals surface area contributed by atoms with Crippen molar-refractivity contribution in [3.8, 4) is 0 Å². The van der Waals surface area contributed by atoms with Crippen molar-refractivity contribution in [2.24, 2.45) is 23.0 Å². The van der Waals surface area contributed by atoms with Crippen LogP contribution in [-0.2, 0) is 0 Å². The van der Waals surface area contributed by atoms with E-state index in [1.807, 2.05) is 0 Å². The van der Waals surface area contributed by atoms with Gasteiger partial charge in [0.1, 0.15) is 0 Å². The van der Waals surface area contributed by atoms with Crippen LogP contribution in [0.15, 0.2) is 0 Å². The number of halogens is 3. The fraction of sp³-hybridized carbons (Fsp3) is 1.00. The molecule has 0 aromatic rings. The van der Waals surface area contributed by atoms with E-state index in [9.17, 15) is 13.2 Å². The van der Waals surface area contributed by atoms with Crippen LogP contribution >= 0.6 is 0 Å². The van der Waals surface area contributed by atoms with Gasteiger partial charge in [-0.2, -0.15) is 13.2 Å². The molecule has 0 aliphatic heterocycles. The summed E-state index contributed by atoms with van der Waals surface area (Å²) in [6.07, 6.45) is -1.40. The van der Waals surface area contributed by atoms with Crippen LogP contribution in [0.2, 0.25) is 0 Å². The van der Waals surface area contributed by atoms with E-state index >= 15 is 0 Å². The van der Waals surface area contributed by atoms with Crippen LogP contribution < -0.4 is 5.73 Å². The highest BCUT2D eigenvalue weighted by Crippen LogP contribution is 2.63. The Balaban J connectivity index is 1.80. The zero-order valence-electron chi connectivity index (χ0n) is 7.40. The molecule has 0 saturated heterocycles. The molecule has 0 unspecified atom stereocenters. The monoisotopic (exact) mass is 193 g/mol. The van der Waals surface area contributed by atoms with Gasteiger partial charge in [-0.05, 0) is 43.6 Å². The van der Waals surface area contributed by atoms with Gasteiger partial charge in [-0.25, -0.2) is 0 Å². The number of hydrogen-bond acceptors (Lipinski definition) is 1. The molecule has 0 radical (unpaired) electrons.